The fraction of sp³-hybridized carbons (Fsp3) is 0.400. The number of hydrogen-bond acceptors (Lipinski definition) is 4. The number of hydrogen-bond donors (Lipinski definition) is 2. The Labute approximate surface area is 106 Å². The van der Waals surface area contributed by atoms with Crippen LogP contribution in [0.5, 0.6) is 5.75 Å². The van der Waals surface area contributed by atoms with Crippen molar-refractivity contribution in [2.24, 2.45) is 5.73 Å². The second-order valence-corrected chi connectivity index (χ2v) is 5.66. The Morgan fingerprint density at radius 2 is 2.18 bits per heavy atom. The van der Waals surface area contributed by atoms with Gasteiger partial charge in [0, 0.05) is 6.07 Å². The molecule has 1 rings (SSSR count). The molecule has 0 bridgehead atoms. The Morgan fingerprint density at radius 3 is 2.76 bits per heavy atom. The molecule has 0 unspecified atom stereocenters. The predicted molar refractivity (Wildman–Crippen MR) is 69.1 cm³/mol. The van der Waals surface area contributed by atoms with Crippen molar-refractivity contribution >= 4 is 27.3 Å². The fourth-order valence-corrected chi connectivity index (χ4v) is 2.58. The molecule has 0 radical (unpaired) electrons. The van der Waals surface area contributed by atoms with E-state index in [1.165, 1.54) is 13.2 Å². The monoisotopic (exact) mass is 278 g/mol. The van der Waals surface area contributed by atoms with Crippen molar-refractivity contribution in [1.29, 1.82) is 0 Å². The fourth-order valence-electron chi connectivity index (χ4n) is 1.20. The van der Waals surface area contributed by atoms with E-state index in [9.17, 15) is 8.42 Å². The first-order valence-corrected chi connectivity index (χ1v) is 7.05. The molecule has 17 heavy (non-hydrogen) atoms. The van der Waals surface area contributed by atoms with Gasteiger partial charge in [0.25, 0.3) is 0 Å². The van der Waals surface area contributed by atoms with Crippen molar-refractivity contribution in [2.75, 3.05) is 24.1 Å². The summed E-state index contributed by atoms with van der Waals surface area (Å²) in [6, 6.07) is 4.75. The summed E-state index contributed by atoms with van der Waals surface area (Å²) in [5.41, 5.74) is 5.57. The Morgan fingerprint density at radius 1 is 1.47 bits per heavy atom. The van der Waals surface area contributed by atoms with E-state index in [0.29, 0.717) is 29.4 Å². The van der Waals surface area contributed by atoms with Crippen LogP contribution in [0.1, 0.15) is 6.42 Å². The highest BCUT2D eigenvalue weighted by atomic mass is 35.5. The Bertz CT molecular complexity index is 476. The Kier molecular flexibility index (Phi) is 5.04. The van der Waals surface area contributed by atoms with Gasteiger partial charge in [0.1, 0.15) is 5.75 Å². The van der Waals surface area contributed by atoms with Gasteiger partial charge in [0.2, 0.25) is 10.0 Å². The average molecular weight is 279 g/mol. The van der Waals surface area contributed by atoms with E-state index in [0.717, 1.165) is 0 Å². The van der Waals surface area contributed by atoms with Gasteiger partial charge in [-0.2, -0.15) is 0 Å². The first-order chi connectivity index (χ1) is 7.98. The molecule has 1 aromatic carbocycles. The van der Waals surface area contributed by atoms with Crippen LogP contribution in [0.15, 0.2) is 18.2 Å². The maximum atomic E-state index is 11.6. The average Bonchev–Trinajstić information content (AvgIpc) is 2.29. The third kappa shape index (κ3) is 4.41. The van der Waals surface area contributed by atoms with Crippen molar-refractivity contribution in [3.63, 3.8) is 0 Å². The second kappa shape index (κ2) is 6.09. The highest BCUT2D eigenvalue weighted by molar-refractivity contribution is 7.92. The summed E-state index contributed by atoms with van der Waals surface area (Å²) >= 11 is 5.89. The lowest BCUT2D eigenvalue weighted by molar-refractivity contribution is 0.415. The number of anilines is 1. The summed E-state index contributed by atoms with van der Waals surface area (Å²) in [6.07, 6.45) is 0.400. The van der Waals surface area contributed by atoms with Gasteiger partial charge >= 0.3 is 0 Å². The van der Waals surface area contributed by atoms with E-state index < -0.39 is 10.0 Å². The van der Waals surface area contributed by atoms with E-state index in [4.69, 9.17) is 22.1 Å². The van der Waals surface area contributed by atoms with Crippen LogP contribution < -0.4 is 15.2 Å². The molecule has 7 heteroatoms. The first-order valence-electron chi connectivity index (χ1n) is 5.02. The van der Waals surface area contributed by atoms with Gasteiger partial charge in [-0.25, -0.2) is 8.42 Å². The first kappa shape index (κ1) is 14.1. The minimum atomic E-state index is -3.41. The number of sulfonamides is 1. The zero-order chi connectivity index (χ0) is 12.9. The number of nitrogens with two attached hydrogens (primary N) is 1. The van der Waals surface area contributed by atoms with Gasteiger partial charge in [-0.05, 0) is 25.1 Å². The van der Waals surface area contributed by atoms with Crippen molar-refractivity contribution in [3.8, 4) is 5.75 Å². The molecule has 0 saturated heterocycles. The smallest absolute Gasteiger partial charge is 0.232 e. The standard InChI is InChI=1S/C10H15ClN2O3S/c1-16-8-3-4-9(11)10(7-8)13-17(14,15)6-2-5-12/h3-4,7,13H,2,5-6,12H2,1H3. The number of methoxy groups -OCH3 is 1. The number of ether oxygens (including phenoxy) is 1. The summed E-state index contributed by atoms with van der Waals surface area (Å²) in [7, 11) is -1.92. The zero-order valence-corrected chi connectivity index (χ0v) is 11.0. The highest BCUT2D eigenvalue weighted by Crippen LogP contribution is 2.27. The summed E-state index contributed by atoms with van der Waals surface area (Å²) in [6.45, 7) is 0.326. The zero-order valence-electron chi connectivity index (χ0n) is 9.44. The van der Waals surface area contributed by atoms with E-state index >= 15 is 0 Å². The normalized spacial score (nSPS) is 11.2. The van der Waals surface area contributed by atoms with E-state index in [1.54, 1.807) is 12.1 Å². The Hall–Kier alpha value is -0.980. The molecule has 0 aliphatic heterocycles. The lowest BCUT2D eigenvalue weighted by atomic mass is 10.3. The van der Waals surface area contributed by atoms with E-state index in [-0.39, 0.29) is 5.75 Å². The van der Waals surface area contributed by atoms with Crippen LogP contribution in [0.25, 0.3) is 0 Å². The van der Waals surface area contributed by atoms with E-state index in [1.807, 2.05) is 0 Å². The number of rotatable bonds is 6. The van der Waals surface area contributed by atoms with Gasteiger partial charge in [-0.15, -0.1) is 0 Å². The van der Waals surface area contributed by atoms with Gasteiger partial charge < -0.3 is 10.5 Å². The summed E-state index contributed by atoms with van der Waals surface area (Å²) in [5, 5.41) is 0.321. The number of benzene rings is 1. The third-order valence-electron chi connectivity index (χ3n) is 2.06. The van der Waals surface area contributed by atoms with Crippen LogP contribution in [0, 0.1) is 0 Å². The number of halogens is 1. The maximum Gasteiger partial charge on any atom is 0.232 e. The van der Waals surface area contributed by atoms with Crippen LogP contribution in [0.3, 0.4) is 0 Å². The summed E-state index contributed by atoms with van der Waals surface area (Å²) in [5.74, 6) is 0.503. The van der Waals surface area contributed by atoms with Crippen molar-refractivity contribution in [1.82, 2.24) is 0 Å². The largest absolute Gasteiger partial charge is 0.497 e. The Balaban J connectivity index is 2.87. The van der Waals surface area contributed by atoms with Gasteiger partial charge in [0.15, 0.2) is 0 Å². The molecule has 0 spiro atoms. The molecule has 0 aliphatic carbocycles. The van der Waals surface area contributed by atoms with E-state index in [2.05, 4.69) is 4.72 Å². The molecule has 0 saturated carbocycles. The van der Waals surface area contributed by atoms with Crippen LogP contribution in [-0.4, -0.2) is 27.8 Å². The summed E-state index contributed by atoms with van der Waals surface area (Å²) in [4.78, 5) is 0. The summed E-state index contributed by atoms with van der Waals surface area (Å²) < 4.78 is 30.7. The van der Waals surface area contributed by atoms with Crippen molar-refractivity contribution < 1.29 is 13.2 Å². The van der Waals surface area contributed by atoms with Crippen LogP contribution >= 0.6 is 11.6 Å². The van der Waals surface area contributed by atoms with Crippen LogP contribution in [0.2, 0.25) is 5.02 Å². The lowest BCUT2D eigenvalue weighted by Gasteiger charge is -2.10. The minimum absolute atomic E-state index is 0.0307. The number of nitrogens with one attached hydrogen (secondary N) is 1. The highest BCUT2D eigenvalue weighted by Gasteiger charge is 2.12. The third-order valence-corrected chi connectivity index (χ3v) is 3.74. The SMILES string of the molecule is COc1ccc(Cl)c(NS(=O)(=O)CCCN)c1. The molecule has 0 fully saturated rings. The molecule has 3 N–H and O–H groups in total. The van der Waals surface area contributed by atoms with Gasteiger partial charge in [0.05, 0.1) is 23.6 Å². The quantitative estimate of drug-likeness (QED) is 0.825. The molecular weight excluding hydrogens is 264 g/mol. The molecule has 96 valence electrons. The van der Waals surface area contributed by atoms with Crippen LogP contribution in [-0.2, 0) is 10.0 Å². The topological polar surface area (TPSA) is 81.4 Å². The molecule has 5 nitrogen and oxygen atoms in total. The van der Waals surface area contributed by atoms with Gasteiger partial charge in [-0.3, -0.25) is 4.72 Å². The molecule has 0 atom stereocenters. The molecular formula is C10H15ClN2O3S. The maximum absolute atomic E-state index is 11.6. The van der Waals surface area contributed by atoms with Crippen LogP contribution in [0.4, 0.5) is 5.69 Å². The minimum Gasteiger partial charge on any atom is -0.497 e. The van der Waals surface area contributed by atoms with Gasteiger partial charge in [-0.1, -0.05) is 11.6 Å². The molecule has 0 heterocycles. The van der Waals surface area contributed by atoms with Crippen molar-refractivity contribution in [3.05, 3.63) is 23.2 Å². The molecule has 0 aliphatic rings. The lowest BCUT2D eigenvalue weighted by Crippen LogP contribution is -2.19. The molecule has 0 aromatic heterocycles. The van der Waals surface area contributed by atoms with Crippen molar-refractivity contribution in [2.45, 2.75) is 6.42 Å². The molecule has 0 amide bonds. The predicted octanol–water partition coefficient (Wildman–Crippen LogP) is 1.44. The molecule has 1 aromatic rings. The second-order valence-electron chi connectivity index (χ2n) is 3.41.